The topological polar surface area (TPSA) is 9.23 Å². The Labute approximate surface area is 62.7 Å². The highest BCUT2D eigenvalue weighted by Crippen LogP contribution is 2.27. The van der Waals surface area contributed by atoms with Crippen LogP contribution in [0.5, 0.6) is 0 Å². The van der Waals surface area contributed by atoms with Gasteiger partial charge in [-0.25, -0.2) is 0 Å². The highest BCUT2D eigenvalue weighted by atomic mass is 35.5. The Bertz CT molecular complexity index is 70.4. The molecule has 0 unspecified atom stereocenters. The van der Waals surface area contributed by atoms with E-state index in [9.17, 15) is 0 Å². The highest BCUT2D eigenvalue weighted by molar-refractivity contribution is 8.01. The van der Waals surface area contributed by atoms with Gasteiger partial charge >= 0.3 is 0 Å². The normalized spacial score (nSPS) is 39.8. The highest BCUT2D eigenvalue weighted by Gasteiger charge is 2.21. The molecular weight excluding hydrogens is 167 g/mol. The fourth-order valence-corrected chi connectivity index (χ4v) is 1.77. The Morgan fingerprint density at radius 2 is 2.25 bits per heavy atom. The quantitative estimate of drug-likeness (QED) is 0.517. The van der Waals surface area contributed by atoms with Crippen molar-refractivity contribution < 1.29 is 4.74 Å². The van der Waals surface area contributed by atoms with Gasteiger partial charge < -0.3 is 4.74 Å². The molecular formula is C4H6Cl2OS. The number of rotatable bonds is 0. The Morgan fingerprint density at radius 1 is 1.50 bits per heavy atom. The second kappa shape index (κ2) is 3.16. The van der Waals surface area contributed by atoms with Gasteiger partial charge in [0.1, 0.15) is 4.71 Å². The average Bonchev–Trinajstić information content (AvgIpc) is 1.77. The first-order valence-electron chi connectivity index (χ1n) is 2.32. The minimum Gasteiger partial charge on any atom is -0.359 e. The number of thioether (sulfide) groups is 1. The summed E-state index contributed by atoms with van der Waals surface area (Å²) in [6, 6.07) is 0. The van der Waals surface area contributed by atoms with Crippen molar-refractivity contribution >= 4 is 35.0 Å². The molecule has 4 heteroatoms. The molecule has 1 heterocycles. The summed E-state index contributed by atoms with van der Waals surface area (Å²) in [6.07, 6.45) is 0. The van der Waals surface area contributed by atoms with Gasteiger partial charge in [-0.05, 0) is 0 Å². The minimum absolute atomic E-state index is 0.0644. The third-order valence-electron chi connectivity index (χ3n) is 0.844. The van der Waals surface area contributed by atoms with E-state index in [0.717, 1.165) is 12.4 Å². The number of hydrogen-bond donors (Lipinski definition) is 0. The fraction of sp³-hybridized carbons (Fsp3) is 1.00. The second-order valence-electron chi connectivity index (χ2n) is 1.44. The maximum atomic E-state index is 5.67. The minimum atomic E-state index is -0.296. The Kier molecular flexibility index (Phi) is 2.76. The standard InChI is InChI=1S/C4H6Cl2OS/c5-3-4(6)8-2-1-7-3/h3-4H,1-2H2/t3-,4-/m1/s1. The molecule has 1 rings (SSSR count). The van der Waals surface area contributed by atoms with Gasteiger partial charge in [0.05, 0.1) is 6.61 Å². The molecule has 1 fully saturated rings. The zero-order valence-corrected chi connectivity index (χ0v) is 6.47. The lowest BCUT2D eigenvalue weighted by Gasteiger charge is -2.21. The number of halogens is 2. The van der Waals surface area contributed by atoms with Crippen molar-refractivity contribution in [2.24, 2.45) is 0 Å². The smallest absolute Gasteiger partial charge is 0.156 e. The Balaban J connectivity index is 2.28. The van der Waals surface area contributed by atoms with Crippen LogP contribution in [-0.4, -0.2) is 22.6 Å². The van der Waals surface area contributed by atoms with Crippen LogP contribution in [0.15, 0.2) is 0 Å². The maximum Gasteiger partial charge on any atom is 0.156 e. The molecule has 0 saturated carbocycles. The van der Waals surface area contributed by atoms with Gasteiger partial charge in [-0.3, -0.25) is 0 Å². The van der Waals surface area contributed by atoms with E-state index in [1.807, 2.05) is 0 Å². The van der Waals surface area contributed by atoms with Crippen molar-refractivity contribution in [1.29, 1.82) is 0 Å². The molecule has 1 aliphatic rings. The molecule has 0 aromatic heterocycles. The van der Waals surface area contributed by atoms with E-state index < -0.39 is 0 Å². The van der Waals surface area contributed by atoms with E-state index in [-0.39, 0.29) is 10.3 Å². The molecule has 0 bridgehead atoms. The summed E-state index contributed by atoms with van der Waals surface area (Å²) < 4.78 is 4.94. The zero-order valence-electron chi connectivity index (χ0n) is 4.14. The average molecular weight is 173 g/mol. The van der Waals surface area contributed by atoms with E-state index in [4.69, 9.17) is 27.9 Å². The van der Waals surface area contributed by atoms with Crippen LogP contribution in [0.2, 0.25) is 0 Å². The van der Waals surface area contributed by atoms with Crippen molar-refractivity contribution in [3.63, 3.8) is 0 Å². The number of ether oxygens (including phenoxy) is 1. The van der Waals surface area contributed by atoms with Gasteiger partial charge in [0, 0.05) is 5.75 Å². The summed E-state index contributed by atoms with van der Waals surface area (Å²) in [4.78, 5) is 0. The zero-order chi connectivity index (χ0) is 5.98. The summed E-state index contributed by atoms with van der Waals surface area (Å²) in [5.74, 6) is 0.956. The number of hydrogen-bond acceptors (Lipinski definition) is 2. The van der Waals surface area contributed by atoms with Crippen LogP contribution in [0, 0.1) is 0 Å². The van der Waals surface area contributed by atoms with Crippen molar-refractivity contribution in [2.75, 3.05) is 12.4 Å². The first-order chi connectivity index (χ1) is 3.80. The third-order valence-corrected chi connectivity index (χ3v) is 3.07. The van der Waals surface area contributed by atoms with Crippen LogP contribution in [0.1, 0.15) is 0 Å². The van der Waals surface area contributed by atoms with Gasteiger partial charge in [-0.2, -0.15) is 0 Å². The van der Waals surface area contributed by atoms with Gasteiger partial charge in [0.25, 0.3) is 0 Å². The fourth-order valence-electron chi connectivity index (χ4n) is 0.473. The lowest BCUT2D eigenvalue weighted by molar-refractivity contribution is 0.125. The van der Waals surface area contributed by atoms with E-state index >= 15 is 0 Å². The predicted molar refractivity (Wildman–Crippen MR) is 37.7 cm³/mol. The van der Waals surface area contributed by atoms with Gasteiger partial charge in [-0.15, -0.1) is 23.4 Å². The van der Waals surface area contributed by atoms with E-state index in [1.54, 1.807) is 11.8 Å². The molecule has 0 aromatic rings. The summed E-state index contributed by atoms with van der Waals surface area (Å²) in [6.45, 7) is 0.724. The van der Waals surface area contributed by atoms with E-state index in [1.165, 1.54) is 0 Å². The van der Waals surface area contributed by atoms with Gasteiger partial charge in [-0.1, -0.05) is 11.6 Å². The van der Waals surface area contributed by atoms with Crippen LogP contribution < -0.4 is 0 Å². The lowest BCUT2D eigenvalue weighted by Crippen LogP contribution is -2.23. The van der Waals surface area contributed by atoms with Crippen LogP contribution in [0.3, 0.4) is 0 Å². The largest absolute Gasteiger partial charge is 0.359 e. The monoisotopic (exact) mass is 172 g/mol. The third kappa shape index (κ3) is 1.69. The van der Waals surface area contributed by atoms with Crippen LogP contribution in [0.4, 0.5) is 0 Å². The molecule has 0 aliphatic carbocycles. The molecule has 1 saturated heterocycles. The van der Waals surface area contributed by atoms with E-state index in [2.05, 4.69) is 0 Å². The van der Waals surface area contributed by atoms with Crippen LogP contribution >= 0.6 is 35.0 Å². The number of alkyl halides is 2. The molecule has 0 amide bonds. The second-order valence-corrected chi connectivity index (χ2v) is 3.85. The molecule has 0 radical (unpaired) electrons. The summed E-state index contributed by atoms with van der Waals surface area (Å²) >= 11 is 12.9. The molecule has 48 valence electrons. The molecule has 0 spiro atoms. The molecule has 2 atom stereocenters. The first-order valence-corrected chi connectivity index (χ1v) is 4.24. The van der Waals surface area contributed by atoms with E-state index in [0.29, 0.717) is 0 Å². The summed E-state index contributed by atoms with van der Waals surface area (Å²) in [7, 11) is 0. The lowest BCUT2D eigenvalue weighted by atomic mass is 10.7. The Morgan fingerprint density at radius 3 is 2.62 bits per heavy atom. The van der Waals surface area contributed by atoms with Crippen molar-refractivity contribution in [1.82, 2.24) is 0 Å². The van der Waals surface area contributed by atoms with Crippen molar-refractivity contribution in [3.8, 4) is 0 Å². The molecule has 1 aliphatic heterocycles. The molecule has 0 aromatic carbocycles. The molecule has 0 N–H and O–H groups in total. The van der Waals surface area contributed by atoms with Crippen LogP contribution in [-0.2, 0) is 4.74 Å². The summed E-state index contributed by atoms with van der Waals surface area (Å²) in [5, 5.41) is 0. The van der Waals surface area contributed by atoms with Crippen molar-refractivity contribution in [2.45, 2.75) is 10.3 Å². The SMILES string of the molecule is Cl[C@@H]1OCCS[C@H]1Cl. The molecule has 8 heavy (non-hydrogen) atoms. The van der Waals surface area contributed by atoms with Crippen molar-refractivity contribution in [3.05, 3.63) is 0 Å². The van der Waals surface area contributed by atoms with Gasteiger partial charge in [0.15, 0.2) is 5.56 Å². The molecule has 1 nitrogen and oxygen atoms in total. The summed E-state index contributed by atoms with van der Waals surface area (Å²) in [5.41, 5.74) is -0.296. The maximum absolute atomic E-state index is 5.67. The van der Waals surface area contributed by atoms with Gasteiger partial charge in [0.2, 0.25) is 0 Å². The first kappa shape index (κ1) is 7.00. The predicted octanol–water partition coefficient (Wildman–Crippen LogP) is 1.88. The Hall–Kier alpha value is 0.890. The van der Waals surface area contributed by atoms with Crippen LogP contribution in [0.25, 0.3) is 0 Å².